The zero-order valence-electron chi connectivity index (χ0n) is 14.5. The van der Waals surface area contributed by atoms with Gasteiger partial charge in [-0.15, -0.1) is 0 Å². The Balaban J connectivity index is 2.59. The Bertz CT molecular complexity index is 526. The molecule has 1 aromatic carbocycles. The molecular weight excluding hydrogens is 296 g/mol. The van der Waals surface area contributed by atoms with E-state index in [1.165, 1.54) is 18.2 Å². The van der Waals surface area contributed by atoms with Gasteiger partial charge in [0.1, 0.15) is 17.1 Å². The number of phenols is 2. The molecule has 6 heteroatoms. The highest BCUT2D eigenvalue weighted by molar-refractivity contribution is 5.67. The molecule has 0 spiro atoms. The smallest absolute Gasteiger partial charge is 0.407 e. The van der Waals surface area contributed by atoms with Crippen LogP contribution >= 0.6 is 0 Å². The van der Waals surface area contributed by atoms with E-state index in [9.17, 15) is 15.0 Å². The van der Waals surface area contributed by atoms with Gasteiger partial charge in [0, 0.05) is 24.2 Å². The number of ether oxygens (including phenoxy) is 1. The third-order valence-corrected chi connectivity index (χ3v) is 3.35. The van der Waals surface area contributed by atoms with Gasteiger partial charge in [-0.3, -0.25) is 0 Å². The van der Waals surface area contributed by atoms with Gasteiger partial charge in [0.05, 0.1) is 0 Å². The summed E-state index contributed by atoms with van der Waals surface area (Å²) in [5.41, 5.74) is 0.0839. The van der Waals surface area contributed by atoms with E-state index in [2.05, 4.69) is 10.6 Å². The quantitative estimate of drug-likeness (QED) is 0.604. The molecule has 6 nitrogen and oxygen atoms in total. The Morgan fingerprint density at radius 1 is 1.30 bits per heavy atom. The van der Waals surface area contributed by atoms with E-state index in [-0.39, 0.29) is 23.6 Å². The maximum Gasteiger partial charge on any atom is 0.407 e. The average Bonchev–Trinajstić information content (AvgIpc) is 2.43. The number of hydrogen-bond donors (Lipinski definition) is 4. The summed E-state index contributed by atoms with van der Waals surface area (Å²) in [7, 11) is 0. The lowest BCUT2D eigenvalue weighted by molar-refractivity contribution is 0.0521. The van der Waals surface area contributed by atoms with E-state index in [0.717, 1.165) is 6.42 Å². The van der Waals surface area contributed by atoms with Crippen LogP contribution in [-0.2, 0) is 4.74 Å². The zero-order valence-corrected chi connectivity index (χ0v) is 14.5. The molecule has 0 aliphatic rings. The molecule has 0 bridgehead atoms. The third-order valence-electron chi connectivity index (χ3n) is 3.35. The van der Waals surface area contributed by atoms with Gasteiger partial charge in [-0.1, -0.05) is 6.92 Å². The van der Waals surface area contributed by atoms with Crippen molar-refractivity contribution >= 4 is 6.09 Å². The molecule has 4 N–H and O–H groups in total. The highest BCUT2D eigenvalue weighted by Crippen LogP contribution is 2.28. The van der Waals surface area contributed by atoms with E-state index >= 15 is 0 Å². The molecule has 0 aliphatic carbocycles. The lowest BCUT2D eigenvalue weighted by atomic mass is 10.0. The van der Waals surface area contributed by atoms with E-state index < -0.39 is 11.7 Å². The molecule has 1 rings (SSSR count). The van der Waals surface area contributed by atoms with Crippen LogP contribution in [0.4, 0.5) is 4.79 Å². The Hall–Kier alpha value is -1.95. The molecule has 23 heavy (non-hydrogen) atoms. The Morgan fingerprint density at radius 2 is 1.96 bits per heavy atom. The number of alkyl carbamates (subject to hydrolysis) is 1. The van der Waals surface area contributed by atoms with E-state index in [1.807, 2.05) is 34.6 Å². The predicted octanol–water partition coefficient (Wildman–Crippen LogP) is 3.05. The van der Waals surface area contributed by atoms with Crippen LogP contribution in [0.1, 0.15) is 52.6 Å². The van der Waals surface area contributed by atoms with Crippen molar-refractivity contribution in [3.05, 3.63) is 23.8 Å². The molecule has 0 fully saturated rings. The van der Waals surface area contributed by atoms with Crippen molar-refractivity contribution in [2.75, 3.05) is 6.54 Å². The Morgan fingerprint density at radius 3 is 2.52 bits per heavy atom. The van der Waals surface area contributed by atoms with E-state index in [4.69, 9.17) is 4.74 Å². The summed E-state index contributed by atoms with van der Waals surface area (Å²) in [6, 6.07) is 4.27. The summed E-state index contributed by atoms with van der Waals surface area (Å²) in [5, 5.41) is 25.5. The first kappa shape index (κ1) is 19.1. The van der Waals surface area contributed by atoms with Crippen molar-refractivity contribution in [1.82, 2.24) is 10.6 Å². The SMILES string of the molecule is CCC(CNC(=O)OC(C)(C)C)NC(C)c1cc(O)ccc1O. The Labute approximate surface area is 137 Å². The van der Waals surface area contributed by atoms with Crippen molar-refractivity contribution in [2.24, 2.45) is 0 Å². The number of nitrogens with one attached hydrogen (secondary N) is 2. The minimum Gasteiger partial charge on any atom is -0.508 e. The van der Waals surface area contributed by atoms with Crippen LogP contribution in [0.3, 0.4) is 0 Å². The maximum atomic E-state index is 11.7. The second-order valence-electron chi connectivity index (χ2n) is 6.62. The molecular formula is C17H28N2O4. The largest absolute Gasteiger partial charge is 0.508 e. The molecule has 1 aromatic rings. The fraction of sp³-hybridized carbons (Fsp3) is 0.588. The minimum atomic E-state index is -0.528. The molecule has 0 saturated heterocycles. The van der Waals surface area contributed by atoms with Gasteiger partial charge in [-0.25, -0.2) is 4.79 Å². The van der Waals surface area contributed by atoms with Crippen molar-refractivity contribution in [2.45, 2.75) is 58.7 Å². The topological polar surface area (TPSA) is 90.8 Å². The summed E-state index contributed by atoms with van der Waals surface area (Å²) in [5.74, 6) is 0.226. The minimum absolute atomic E-state index is 0.0132. The van der Waals surface area contributed by atoms with Crippen LogP contribution in [0.5, 0.6) is 11.5 Å². The second kappa shape index (κ2) is 8.06. The van der Waals surface area contributed by atoms with Crippen LogP contribution in [0, 0.1) is 0 Å². The zero-order chi connectivity index (χ0) is 17.6. The lowest BCUT2D eigenvalue weighted by Crippen LogP contribution is -2.43. The van der Waals surface area contributed by atoms with Crippen LogP contribution in [0.25, 0.3) is 0 Å². The molecule has 0 heterocycles. The molecule has 0 aliphatic heterocycles. The third kappa shape index (κ3) is 6.78. The van der Waals surface area contributed by atoms with Gasteiger partial charge in [-0.05, 0) is 52.3 Å². The normalized spacial score (nSPS) is 14.1. The average molecular weight is 324 g/mol. The van der Waals surface area contributed by atoms with Crippen molar-refractivity contribution in [3.63, 3.8) is 0 Å². The van der Waals surface area contributed by atoms with Gasteiger partial charge >= 0.3 is 6.09 Å². The number of benzene rings is 1. The fourth-order valence-corrected chi connectivity index (χ4v) is 2.17. The first-order valence-corrected chi connectivity index (χ1v) is 7.87. The summed E-state index contributed by atoms with van der Waals surface area (Å²) in [6.45, 7) is 9.75. The van der Waals surface area contributed by atoms with Crippen LogP contribution in [0.2, 0.25) is 0 Å². The van der Waals surface area contributed by atoms with Gasteiger partial charge in [-0.2, -0.15) is 0 Å². The number of carbonyl (C=O) groups is 1. The monoisotopic (exact) mass is 324 g/mol. The number of rotatable bonds is 6. The first-order valence-electron chi connectivity index (χ1n) is 7.87. The van der Waals surface area contributed by atoms with Gasteiger partial charge in [0.2, 0.25) is 0 Å². The molecule has 2 unspecified atom stereocenters. The summed E-state index contributed by atoms with van der Waals surface area (Å²) < 4.78 is 5.21. The molecule has 2 atom stereocenters. The van der Waals surface area contributed by atoms with Crippen LogP contribution in [-0.4, -0.2) is 34.5 Å². The standard InChI is InChI=1S/C17H28N2O4/c1-6-12(10-18-16(22)23-17(3,4)5)19-11(2)14-9-13(20)7-8-15(14)21/h7-9,11-12,19-21H,6,10H2,1-5H3,(H,18,22). The van der Waals surface area contributed by atoms with Crippen LogP contribution < -0.4 is 10.6 Å². The van der Waals surface area contributed by atoms with Gasteiger partial charge in [0.25, 0.3) is 0 Å². The van der Waals surface area contributed by atoms with Crippen molar-refractivity contribution < 1.29 is 19.7 Å². The van der Waals surface area contributed by atoms with Crippen LogP contribution in [0.15, 0.2) is 18.2 Å². The van der Waals surface area contributed by atoms with E-state index in [0.29, 0.717) is 12.1 Å². The first-order chi connectivity index (χ1) is 10.6. The summed E-state index contributed by atoms with van der Waals surface area (Å²) >= 11 is 0. The van der Waals surface area contributed by atoms with Crippen molar-refractivity contribution in [3.8, 4) is 11.5 Å². The number of aromatic hydroxyl groups is 2. The molecule has 1 amide bonds. The predicted molar refractivity (Wildman–Crippen MR) is 89.6 cm³/mol. The highest BCUT2D eigenvalue weighted by Gasteiger charge is 2.19. The molecule has 130 valence electrons. The molecule has 0 saturated carbocycles. The highest BCUT2D eigenvalue weighted by atomic mass is 16.6. The van der Waals surface area contributed by atoms with Gasteiger partial charge < -0.3 is 25.6 Å². The van der Waals surface area contributed by atoms with Gasteiger partial charge in [0.15, 0.2) is 0 Å². The van der Waals surface area contributed by atoms with Crippen molar-refractivity contribution in [1.29, 1.82) is 0 Å². The summed E-state index contributed by atoms with van der Waals surface area (Å²) in [6.07, 6.45) is 0.338. The molecule has 0 aromatic heterocycles. The molecule has 0 radical (unpaired) electrons. The van der Waals surface area contributed by atoms with E-state index in [1.54, 1.807) is 0 Å². The second-order valence-corrected chi connectivity index (χ2v) is 6.62. The maximum absolute atomic E-state index is 11.7. The Kier molecular flexibility index (Phi) is 6.69. The number of hydrogen-bond acceptors (Lipinski definition) is 5. The number of phenolic OH excluding ortho intramolecular Hbond substituents is 2. The fourth-order valence-electron chi connectivity index (χ4n) is 2.17. The summed E-state index contributed by atoms with van der Waals surface area (Å²) in [4.78, 5) is 11.7. The number of carbonyl (C=O) groups excluding carboxylic acids is 1. The lowest BCUT2D eigenvalue weighted by Gasteiger charge is -2.25. The number of amides is 1.